The van der Waals surface area contributed by atoms with Crippen LogP contribution in [0.1, 0.15) is 27.2 Å². The first-order valence-electron chi connectivity index (χ1n) is 5.77. The molecule has 0 saturated heterocycles. The number of amides is 1. The third kappa shape index (κ3) is 6.60. The van der Waals surface area contributed by atoms with Crippen LogP contribution in [0, 0.1) is 0 Å². The van der Waals surface area contributed by atoms with Gasteiger partial charge in [0.2, 0.25) is 0 Å². The lowest BCUT2D eigenvalue weighted by atomic mass is 10.4. The highest BCUT2D eigenvalue weighted by Crippen LogP contribution is 1.98. The zero-order chi connectivity index (χ0) is 13.3. The molecule has 0 spiro atoms. The number of nitrogens with zero attached hydrogens (tertiary/aromatic N) is 1. The summed E-state index contributed by atoms with van der Waals surface area (Å²) in [5, 5.41) is 0. The predicted octanol–water partition coefficient (Wildman–Crippen LogP) is 1.97. The summed E-state index contributed by atoms with van der Waals surface area (Å²) >= 11 is 0. The number of rotatable bonds is 7. The van der Waals surface area contributed by atoms with Gasteiger partial charge in [-0.2, -0.15) is 0 Å². The second-order valence-electron chi connectivity index (χ2n) is 3.60. The summed E-state index contributed by atoms with van der Waals surface area (Å²) in [4.78, 5) is 24.1. The average molecular weight is 243 g/mol. The van der Waals surface area contributed by atoms with Crippen LogP contribution in [-0.4, -0.2) is 43.3 Å². The highest BCUT2D eigenvalue weighted by Gasteiger charge is 2.14. The maximum Gasteiger partial charge on any atom is 0.409 e. The van der Waals surface area contributed by atoms with Gasteiger partial charge in [0.25, 0.3) is 0 Å². The van der Waals surface area contributed by atoms with Crippen LogP contribution in [0.15, 0.2) is 12.2 Å². The summed E-state index contributed by atoms with van der Waals surface area (Å²) in [5.41, 5.74) is 0.350. The van der Waals surface area contributed by atoms with Gasteiger partial charge in [0.1, 0.15) is 6.61 Å². The highest BCUT2D eigenvalue weighted by molar-refractivity contribution is 5.86. The van der Waals surface area contributed by atoms with E-state index in [-0.39, 0.29) is 12.7 Å². The third-order valence-corrected chi connectivity index (χ3v) is 1.96. The van der Waals surface area contributed by atoms with E-state index < -0.39 is 5.97 Å². The normalized spacial score (nSPS) is 9.59. The van der Waals surface area contributed by atoms with E-state index in [1.165, 1.54) is 4.90 Å². The summed E-state index contributed by atoms with van der Waals surface area (Å²) < 4.78 is 9.81. The monoisotopic (exact) mass is 243 g/mol. The molecule has 1 amide bonds. The van der Waals surface area contributed by atoms with Crippen molar-refractivity contribution in [2.75, 3.05) is 26.3 Å². The van der Waals surface area contributed by atoms with Gasteiger partial charge >= 0.3 is 12.1 Å². The van der Waals surface area contributed by atoms with E-state index in [2.05, 4.69) is 6.58 Å². The molecule has 98 valence electrons. The molecule has 0 heterocycles. The topological polar surface area (TPSA) is 55.8 Å². The maximum atomic E-state index is 11.5. The van der Waals surface area contributed by atoms with E-state index in [4.69, 9.17) is 9.47 Å². The lowest BCUT2D eigenvalue weighted by molar-refractivity contribution is -0.139. The molecule has 0 fully saturated rings. The lowest BCUT2D eigenvalue weighted by Crippen LogP contribution is -2.35. The van der Waals surface area contributed by atoms with E-state index in [1.807, 2.05) is 6.92 Å². The van der Waals surface area contributed by atoms with Crippen LogP contribution in [0.4, 0.5) is 4.79 Å². The summed E-state index contributed by atoms with van der Waals surface area (Å²) in [6, 6.07) is 0. The van der Waals surface area contributed by atoms with Crippen molar-refractivity contribution in [3.8, 4) is 0 Å². The fourth-order valence-corrected chi connectivity index (χ4v) is 1.15. The van der Waals surface area contributed by atoms with Gasteiger partial charge < -0.3 is 14.4 Å². The molecule has 0 N–H and O–H groups in total. The zero-order valence-electron chi connectivity index (χ0n) is 10.8. The molecule has 0 aromatic carbocycles. The van der Waals surface area contributed by atoms with Crippen molar-refractivity contribution < 1.29 is 19.1 Å². The molecule has 0 aliphatic heterocycles. The Labute approximate surface area is 102 Å². The van der Waals surface area contributed by atoms with Gasteiger partial charge in [-0.05, 0) is 20.3 Å². The average Bonchev–Trinajstić information content (AvgIpc) is 2.27. The van der Waals surface area contributed by atoms with E-state index in [1.54, 1.807) is 13.8 Å². The Morgan fingerprint density at radius 1 is 1.18 bits per heavy atom. The van der Waals surface area contributed by atoms with Crippen molar-refractivity contribution in [2.24, 2.45) is 0 Å². The van der Waals surface area contributed by atoms with Gasteiger partial charge in [0.05, 0.1) is 13.2 Å². The van der Waals surface area contributed by atoms with Crippen LogP contribution in [0.2, 0.25) is 0 Å². The molecule has 0 rings (SSSR count). The molecule has 5 heteroatoms. The van der Waals surface area contributed by atoms with E-state index in [0.29, 0.717) is 25.3 Å². The summed E-state index contributed by atoms with van der Waals surface area (Å²) in [6.45, 7) is 10.2. The molecule has 0 aromatic rings. The first-order chi connectivity index (χ1) is 8.02. The Morgan fingerprint density at radius 2 is 1.82 bits per heavy atom. The van der Waals surface area contributed by atoms with Crippen molar-refractivity contribution in [2.45, 2.75) is 27.2 Å². The van der Waals surface area contributed by atoms with Gasteiger partial charge in [-0.15, -0.1) is 0 Å². The molecule has 0 aliphatic rings. The third-order valence-electron chi connectivity index (χ3n) is 1.96. The minimum absolute atomic E-state index is 0.157. The predicted molar refractivity (Wildman–Crippen MR) is 64.7 cm³/mol. The molecule has 0 aromatic heterocycles. The Morgan fingerprint density at radius 3 is 2.29 bits per heavy atom. The molecule has 0 atom stereocenters. The maximum absolute atomic E-state index is 11.5. The van der Waals surface area contributed by atoms with Crippen molar-refractivity contribution >= 4 is 12.1 Å². The van der Waals surface area contributed by atoms with Crippen LogP contribution in [-0.2, 0) is 14.3 Å². The molecule has 0 saturated carbocycles. The zero-order valence-corrected chi connectivity index (χ0v) is 10.8. The van der Waals surface area contributed by atoms with Gasteiger partial charge in [-0.25, -0.2) is 9.59 Å². The van der Waals surface area contributed by atoms with Gasteiger partial charge in [-0.1, -0.05) is 13.5 Å². The second kappa shape index (κ2) is 8.61. The van der Waals surface area contributed by atoms with Crippen molar-refractivity contribution in [3.05, 3.63) is 12.2 Å². The number of ether oxygens (including phenoxy) is 2. The second-order valence-corrected chi connectivity index (χ2v) is 3.60. The van der Waals surface area contributed by atoms with Crippen LogP contribution in [0.3, 0.4) is 0 Å². The quantitative estimate of drug-likeness (QED) is 0.506. The summed E-state index contributed by atoms with van der Waals surface area (Å²) in [5.74, 6) is -0.440. The van der Waals surface area contributed by atoms with Crippen molar-refractivity contribution in [3.63, 3.8) is 0 Å². The SMILES string of the molecule is C=C(C)C(=O)OCCN(CCC)C(=O)OCC. The summed E-state index contributed by atoms with van der Waals surface area (Å²) in [7, 11) is 0. The van der Waals surface area contributed by atoms with E-state index >= 15 is 0 Å². The van der Waals surface area contributed by atoms with Crippen LogP contribution >= 0.6 is 0 Å². The smallest absolute Gasteiger partial charge is 0.409 e. The fraction of sp³-hybridized carbons (Fsp3) is 0.667. The Balaban J connectivity index is 4.04. The Hall–Kier alpha value is -1.52. The molecule has 17 heavy (non-hydrogen) atoms. The number of carbonyl (C=O) groups excluding carboxylic acids is 2. The van der Waals surface area contributed by atoms with E-state index in [0.717, 1.165) is 6.42 Å². The first kappa shape index (κ1) is 15.5. The van der Waals surface area contributed by atoms with Crippen molar-refractivity contribution in [1.82, 2.24) is 4.90 Å². The molecule has 0 bridgehead atoms. The standard InChI is InChI=1S/C12H21NO4/c1-5-7-13(12(15)16-6-2)8-9-17-11(14)10(3)4/h3,5-9H2,1-2,4H3. The molecule has 5 nitrogen and oxygen atoms in total. The van der Waals surface area contributed by atoms with Crippen LogP contribution < -0.4 is 0 Å². The number of hydrogen-bond donors (Lipinski definition) is 0. The van der Waals surface area contributed by atoms with Crippen LogP contribution in [0.25, 0.3) is 0 Å². The minimum atomic E-state index is -0.440. The molecule has 0 aliphatic carbocycles. The number of carbonyl (C=O) groups is 2. The fourth-order valence-electron chi connectivity index (χ4n) is 1.15. The van der Waals surface area contributed by atoms with Crippen molar-refractivity contribution in [1.29, 1.82) is 0 Å². The van der Waals surface area contributed by atoms with Gasteiger partial charge in [0, 0.05) is 12.1 Å². The van der Waals surface area contributed by atoms with Crippen LogP contribution in [0.5, 0.6) is 0 Å². The Bertz CT molecular complexity index is 276. The van der Waals surface area contributed by atoms with E-state index in [9.17, 15) is 9.59 Å². The number of esters is 1. The molecule has 0 radical (unpaired) electrons. The molecule has 0 unspecified atom stereocenters. The lowest BCUT2D eigenvalue weighted by Gasteiger charge is -2.20. The van der Waals surface area contributed by atoms with Gasteiger partial charge in [0.15, 0.2) is 0 Å². The highest BCUT2D eigenvalue weighted by atomic mass is 16.6. The van der Waals surface area contributed by atoms with Gasteiger partial charge in [-0.3, -0.25) is 0 Å². The molecular weight excluding hydrogens is 222 g/mol. The largest absolute Gasteiger partial charge is 0.460 e. The summed E-state index contributed by atoms with van der Waals surface area (Å²) in [6.07, 6.45) is 0.452. The molecular formula is C12H21NO4. The minimum Gasteiger partial charge on any atom is -0.460 e. The number of hydrogen-bond acceptors (Lipinski definition) is 4. The first-order valence-corrected chi connectivity index (χ1v) is 5.77. The Kier molecular flexibility index (Phi) is 7.84.